The van der Waals surface area contributed by atoms with E-state index in [9.17, 15) is 4.79 Å². The third-order valence-corrected chi connectivity index (χ3v) is 4.42. The van der Waals surface area contributed by atoms with E-state index in [0.29, 0.717) is 31.5 Å². The van der Waals surface area contributed by atoms with Crippen LogP contribution in [0.25, 0.3) is 0 Å². The fourth-order valence-electron chi connectivity index (χ4n) is 3.20. The minimum atomic E-state index is -0.787. The van der Waals surface area contributed by atoms with E-state index in [2.05, 4.69) is 27.7 Å². The van der Waals surface area contributed by atoms with Crippen LogP contribution in [0.15, 0.2) is 0 Å². The molecule has 0 spiro atoms. The third kappa shape index (κ3) is 12.8. The summed E-state index contributed by atoms with van der Waals surface area (Å²) in [4.78, 5) is 10.9. The van der Waals surface area contributed by atoms with Gasteiger partial charge in [0, 0.05) is 6.42 Å². The molecule has 0 amide bonds. The van der Waals surface area contributed by atoms with Gasteiger partial charge in [0.25, 0.3) is 0 Å². The van der Waals surface area contributed by atoms with Crippen molar-refractivity contribution in [3.8, 4) is 0 Å². The van der Waals surface area contributed by atoms with Gasteiger partial charge in [-0.05, 0) is 37.5 Å². The molecule has 144 valence electrons. The van der Waals surface area contributed by atoms with E-state index in [0.717, 1.165) is 51.4 Å². The number of carboxylic acid groups (broad SMARTS) is 1. The minimum absolute atomic E-state index is 0.100. The maximum atomic E-state index is 10.9. The molecule has 0 rings (SSSR count). The van der Waals surface area contributed by atoms with Crippen LogP contribution in [0.4, 0.5) is 0 Å². The molecule has 0 heterocycles. The van der Waals surface area contributed by atoms with Crippen molar-refractivity contribution in [3.05, 3.63) is 0 Å². The molecule has 0 aliphatic carbocycles. The molecule has 4 heteroatoms. The van der Waals surface area contributed by atoms with Gasteiger partial charge in [-0.15, -0.1) is 0 Å². The summed E-state index contributed by atoms with van der Waals surface area (Å²) in [5.41, 5.74) is 0. The summed E-state index contributed by atoms with van der Waals surface area (Å²) in [5.74, 6) is 0.320. The second-order valence-electron chi connectivity index (χ2n) is 6.92. The van der Waals surface area contributed by atoms with Gasteiger partial charge in [-0.1, -0.05) is 53.4 Å². The van der Waals surface area contributed by atoms with Crippen molar-refractivity contribution in [1.82, 2.24) is 0 Å². The lowest BCUT2D eigenvalue weighted by atomic mass is 9.99. The molecule has 0 aliphatic heterocycles. The molecular formula is C20H40O4. The Bertz CT molecular complexity index is 261. The largest absolute Gasteiger partial charge is 0.481 e. The Kier molecular flexibility index (Phi) is 15.5. The number of rotatable bonds is 17. The van der Waals surface area contributed by atoms with Crippen molar-refractivity contribution in [3.63, 3.8) is 0 Å². The Morgan fingerprint density at radius 2 is 1.12 bits per heavy atom. The van der Waals surface area contributed by atoms with Crippen molar-refractivity contribution in [2.75, 3.05) is 13.2 Å². The lowest BCUT2D eigenvalue weighted by molar-refractivity contribution is -0.167. The Labute approximate surface area is 149 Å². The Morgan fingerprint density at radius 3 is 1.42 bits per heavy atom. The van der Waals surface area contributed by atoms with Crippen molar-refractivity contribution < 1.29 is 19.4 Å². The second-order valence-corrected chi connectivity index (χ2v) is 6.92. The summed E-state index contributed by atoms with van der Waals surface area (Å²) >= 11 is 0. The third-order valence-electron chi connectivity index (χ3n) is 4.42. The van der Waals surface area contributed by atoms with Crippen LogP contribution in [0.5, 0.6) is 0 Å². The van der Waals surface area contributed by atoms with Crippen LogP contribution in [0.3, 0.4) is 0 Å². The molecule has 0 radical (unpaired) electrons. The van der Waals surface area contributed by atoms with Crippen LogP contribution in [0, 0.1) is 11.8 Å². The smallest absolute Gasteiger partial charge is 0.303 e. The summed E-state index contributed by atoms with van der Waals surface area (Å²) < 4.78 is 12.0. The van der Waals surface area contributed by atoms with Crippen LogP contribution >= 0.6 is 0 Å². The van der Waals surface area contributed by atoms with E-state index in [1.807, 2.05) is 0 Å². The molecule has 0 aromatic heterocycles. The molecule has 0 fully saturated rings. The van der Waals surface area contributed by atoms with Crippen molar-refractivity contribution in [2.45, 2.75) is 98.2 Å². The van der Waals surface area contributed by atoms with E-state index in [1.165, 1.54) is 0 Å². The standard InChI is InChI=1S/C20H40O4/c1-5-9-17(10-6-2)15-23-20(14-13-19(21)22)24-16-18(11-7-3)12-8-4/h17-18,20H,5-16H2,1-4H3,(H,21,22). The zero-order chi connectivity index (χ0) is 18.2. The topological polar surface area (TPSA) is 55.8 Å². The number of ether oxygens (including phenoxy) is 2. The molecule has 1 N–H and O–H groups in total. The molecule has 0 atom stereocenters. The Morgan fingerprint density at radius 1 is 0.750 bits per heavy atom. The highest BCUT2D eigenvalue weighted by molar-refractivity contribution is 5.66. The van der Waals surface area contributed by atoms with Gasteiger partial charge in [0.1, 0.15) is 0 Å². The first-order valence-electron chi connectivity index (χ1n) is 10.0. The highest BCUT2D eigenvalue weighted by Crippen LogP contribution is 2.19. The number of hydrogen-bond acceptors (Lipinski definition) is 3. The van der Waals surface area contributed by atoms with Crippen LogP contribution in [0.2, 0.25) is 0 Å². The molecular weight excluding hydrogens is 304 g/mol. The van der Waals surface area contributed by atoms with Gasteiger partial charge in [0.15, 0.2) is 6.29 Å². The molecule has 0 bridgehead atoms. The maximum Gasteiger partial charge on any atom is 0.303 e. The Hall–Kier alpha value is -0.610. The predicted molar refractivity (Wildman–Crippen MR) is 99.2 cm³/mol. The SMILES string of the molecule is CCCC(CCC)COC(CCC(=O)O)OCC(CCC)CCC. The summed E-state index contributed by atoms with van der Waals surface area (Å²) in [5, 5.41) is 8.94. The van der Waals surface area contributed by atoms with Crippen LogP contribution < -0.4 is 0 Å². The van der Waals surface area contributed by atoms with Crippen LogP contribution in [-0.4, -0.2) is 30.6 Å². The first kappa shape index (κ1) is 23.4. The van der Waals surface area contributed by atoms with Crippen LogP contribution in [0.1, 0.15) is 91.9 Å². The van der Waals surface area contributed by atoms with E-state index in [4.69, 9.17) is 14.6 Å². The van der Waals surface area contributed by atoms with E-state index >= 15 is 0 Å². The predicted octanol–water partition coefficient (Wildman–Crippen LogP) is 5.64. The van der Waals surface area contributed by atoms with Gasteiger partial charge in [0.2, 0.25) is 0 Å². The zero-order valence-electron chi connectivity index (χ0n) is 16.4. The van der Waals surface area contributed by atoms with Crippen LogP contribution in [-0.2, 0) is 14.3 Å². The number of hydrogen-bond donors (Lipinski definition) is 1. The number of aliphatic carboxylic acids is 1. The maximum absolute atomic E-state index is 10.9. The fourth-order valence-corrected chi connectivity index (χ4v) is 3.20. The lowest BCUT2D eigenvalue weighted by Crippen LogP contribution is -2.25. The summed E-state index contributed by atoms with van der Waals surface area (Å²) in [7, 11) is 0. The van der Waals surface area contributed by atoms with Gasteiger partial charge < -0.3 is 14.6 Å². The first-order valence-corrected chi connectivity index (χ1v) is 10.0. The molecule has 0 saturated carbocycles. The quantitative estimate of drug-likeness (QED) is 0.347. The average Bonchev–Trinajstić information content (AvgIpc) is 2.54. The molecule has 24 heavy (non-hydrogen) atoms. The number of carboxylic acids is 1. The van der Waals surface area contributed by atoms with E-state index in [1.54, 1.807) is 0 Å². The molecule has 0 aromatic carbocycles. The van der Waals surface area contributed by atoms with Gasteiger partial charge in [-0.25, -0.2) is 0 Å². The summed E-state index contributed by atoms with van der Waals surface area (Å²) in [6.45, 7) is 10.1. The molecule has 0 aliphatic rings. The van der Waals surface area contributed by atoms with Gasteiger partial charge in [-0.2, -0.15) is 0 Å². The average molecular weight is 345 g/mol. The van der Waals surface area contributed by atoms with E-state index < -0.39 is 5.97 Å². The highest BCUT2D eigenvalue weighted by Gasteiger charge is 2.17. The van der Waals surface area contributed by atoms with Crippen molar-refractivity contribution in [1.29, 1.82) is 0 Å². The zero-order valence-corrected chi connectivity index (χ0v) is 16.4. The molecule has 0 aromatic rings. The van der Waals surface area contributed by atoms with Gasteiger partial charge in [-0.3, -0.25) is 4.79 Å². The molecule has 0 saturated heterocycles. The molecule has 4 nitrogen and oxygen atoms in total. The van der Waals surface area contributed by atoms with E-state index in [-0.39, 0.29) is 12.7 Å². The first-order chi connectivity index (χ1) is 11.6. The molecule has 0 unspecified atom stereocenters. The number of carbonyl (C=O) groups is 1. The summed E-state index contributed by atoms with van der Waals surface area (Å²) in [6.07, 6.45) is 9.42. The van der Waals surface area contributed by atoms with Crippen molar-refractivity contribution in [2.24, 2.45) is 11.8 Å². The fraction of sp³-hybridized carbons (Fsp3) is 0.950. The normalized spacial score (nSPS) is 11.8. The monoisotopic (exact) mass is 344 g/mol. The highest BCUT2D eigenvalue weighted by atomic mass is 16.7. The Balaban J connectivity index is 4.45. The second kappa shape index (κ2) is 15.9. The van der Waals surface area contributed by atoms with Gasteiger partial charge >= 0.3 is 5.97 Å². The lowest BCUT2D eigenvalue weighted by Gasteiger charge is -2.24. The van der Waals surface area contributed by atoms with Crippen molar-refractivity contribution >= 4 is 5.97 Å². The van der Waals surface area contributed by atoms with Gasteiger partial charge in [0.05, 0.1) is 19.6 Å². The summed E-state index contributed by atoms with van der Waals surface area (Å²) in [6, 6.07) is 0. The minimum Gasteiger partial charge on any atom is -0.481 e.